The summed E-state index contributed by atoms with van der Waals surface area (Å²) in [5, 5.41) is 8.87. The Morgan fingerprint density at radius 1 is 1.39 bits per heavy atom. The second-order valence-electron chi connectivity index (χ2n) is 4.87. The van der Waals surface area contributed by atoms with Crippen molar-refractivity contribution in [1.29, 1.82) is 0 Å². The summed E-state index contributed by atoms with van der Waals surface area (Å²) in [6.45, 7) is 9.96. The Hall–Kier alpha value is -1.35. The fourth-order valence-electron chi connectivity index (χ4n) is 2.16. The highest BCUT2D eigenvalue weighted by Crippen LogP contribution is 2.17. The molecule has 1 N–H and O–H groups in total. The number of nitrogens with zero attached hydrogens (tertiary/aromatic N) is 1. The lowest BCUT2D eigenvalue weighted by Gasteiger charge is -2.27. The molecule has 0 radical (unpaired) electrons. The first-order valence-electron chi connectivity index (χ1n) is 6.46. The molecule has 0 saturated carbocycles. The fourth-order valence-corrected chi connectivity index (χ4v) is 2.16. The van der Waals surface area contributed by atoms with E-state index in [1.807, 2.05) is 6.92 Å². The number of hydrogen-bond donors (Lipinski definition) is 1. The average Bonchev–Trinajstić information content (AvgIpc) is 2.30. The molecule has 0 aliphatic rings. The van der Waals surface area contributed by atoms with Crippen LogP contribution in [0.5, 0.6) is 0 Å². The molecule has 0 amide bonds. The van der Waals surface area contributed by atoms with E-state index in [2.05, 4.69) is 43.9 Å². The lowest BCUT2D eigenvalue weighted by Crippen LogP contribution is -2.34. The molecule has 0 spiro atoms. The topological polar surface area (TPSA) is 40.5 Å². The van der Waals surface area contributed by atoms with Gasteiger partial charge in [0.2, 0.25) is 0 Å². The van der Waals surface area contributed by atoms with Crippen molar-refractivity contribution in [2.75, 3.05) is 6.54 Å². The Morgan fingerprint density at radius 3 is 2.61 bits per heavy atom. The van der Waals surface area contributed by atoms with Crippen LogP contribution in [0.15, 0.2) is 18.2 Å². The molecule has 1 aromatic carbocycles. The van der Waals surface area contributed by atoms with Crippen molar-refractivity contribution in [3.63, 3.8) is 0 Å². The molecule has 1 aromatic rings. The summed E-state index contributed by atoms with van der Waals surface area (Å²) in [5.74, 6) is -0.734. The van der Waals surface area contributed by atoms with Crippen molar-refractivity contribution >= 4 is 5.97 Å². The molecule has 0 aliphatic carbocycles. The van der Waals surface area contributed by atoms with Crippen molar-refractivity contribution in [3.05, 3.63) is 34.9 Å². The van der Waals surface area contributed by atoms with E-state index in [-0.39, 0.29) is 12.5 Å². The van der Waals surface area contributed by atoms with Crippen LogP contribution in [0.1, 0.15) is 37.0 Å². The van der Waals surface area contributed by atoms with Gasteiger partial charge in [-0.3, -0.25) is 9.69 Å². The molecule has 0 heterocycles. The van der Waals surface area contributed by atoms with Gasteiger partial charge in [0.05, 0.1) is 6.42 Å². The van der Waals surface area contributed by atoms with Crippen LogP contribution in [-0.4, -0.2) is 28.6 Å². The third kappa shape index (κ3) is 3.84. The maximum atomic E-state index is 10.8. The Kier molecular flexibility index (Phi) is 5.35. The van der Waals surface area contributed by atoms with Crippen molar-refractivity contribution in [2.24, 2.45) is 0 Å². The van der Waals surface area contributed by atoms with Gasteiger partial charge < -0.3 is 5.11 Å². The average molecular weight is 249 g/mol. The molecular weight excluding hydrogens is 226 g/mol. The minimum absolute atomic E-state index is 0.0624. The van der Waals surface area contributed by atoms with Crippen molar-refractivity contribution in [1.82, 2.24) is 4.90 Å². The number of aryl methyl sites for hydroxylation is 1. The highest BCUT2D eigenvalue weighted by atomic mass is 16.4. The second-order valence-corrected chi connectivity index (χ2v) is 4.87. The van der Waals surface area contributed by atoms with Gasteiger partial charge in [-0.05, 0) is 44.0 Å². The van der Waals surface area contributed by atoms with E-state index >= 15 is 0 Å². The maximum absolute atomic E-state index is 10.8. The number of hydrogen-bond acceptors (Lipinski definition) is 2. The highest BCUT2D eigenvalue weighted by Gasteiger charge is 2.16. The zero-order valence-electron chi connectivity index (χ0n) is 11.7. The van der Waals surface area contributed by atoms with Crippen molar-refractivity contribution in [2.45, 2.75) is 46.7 Å². The van der Waals surface area contributed by atoms with Crippen LogP contribution in [-0.2, 0) is 11.3 Å². The second kappa shape index (κ2) is 6.55. The van der Waals surface area contributed by atoms with Gasteiger partial charge in [-0.25, -0.2) is 0 Å². The Balaban J connectivity index is 2.79. The van der Waals surface area contributed by atoms with Gasteiger partial charge in [-0.2, -0.15) is 0 Å². The summed E-state index contributed by atoms with van der Waals surface area (Å²) >= 11 is 0. The predicted molar refractivity (Wildman–Crippen MR) is 73.7 cm³/mol. The van der Waals surface area contributed by atoms with Crippen LogP contribution < -0.4 is 0 Å². The molecule has 0 bridgehead atoms. The summed E-state index contributed by atoms with van der Waals surface area (Å²) in [6, 6.07) is 6.36. The summed E-state index contributed by atoms with van der Waals surface area (Å²) < 4.78 is 0. The molecule has 18 heavy (non-hydrogen) atoms. The fraction of sp³-hybridized carbons (Fsp3) is 0.533. The lowest BCUT2D eigenvalue weighted by molar-refractivity contribution is -0.138. The van der Waals surface area contributed by atoms with Crippen molar-refractivity contribution < 1.29 is 9.90 Å². The molecule has 100 valence electrons. The Bertz CT molecular complexity index is 415. The first kappa shape index (κ1) is 14.7. The summed E-state index contributed by atoms with van der Waals surface area (Å²) in [4.78, 5) is 13.0. The summed E-state index contributed by atoms with van der Waals surface area (Å²) in [6.07, 6.45) is 0.193. The molecule has 1 atom stereocenters. The molecule has 3 heteroatoms. The third-order valence-electron chi connectivity index (χ3n) is 3.59. The van der Waals surface area contributed by atoms with Gasteiger partial charge in [0.1, 0.15) is 0 Å². The van der Waals surface area contributed by atoms with Gasteiger partial charge >= 0.3 is 5.97 Å². The van der Waals surface area contributed by atoms with Gasteiger partial charge in [0.25, 0.3) is 0 Å². The Labute approximate surface area is 109 Å². The zero-order valence-corrected chi connectivity index (χ0v) is 11.7. The van der Waals surface area contributed by atoms with Gasteiger partial charge in [0, 0.05) is 12.6 Å². The van der Waals surface area contributed by atoms with Crippen LogP contribution in [0.2, 0.25) is 0 Å². The van der Waals surface area contributed by atoms with Crippen molar-refractivity contribution in [3.8, 4) is 0 Å². The molecular formula is C15H23NO2. The monoisotopic (exact) mass is 249 g/mol. The molecule has 0 aliphatic heterocycles. The number of carbonyl (C=O) groups is 1. The molecule has 3 nitrogen and oxygen atoms in total. The number of benzene rings is 1. The van der Waals surface area contributed by atoms with Crippen LogP contribution in [0.25, 0.3) is 0 Å². The maximum Gasteiger partial charge on any atom is 0.304 e. The first-order valence-corrected chi connectivity index (χ1v) is 6.46. The van der Waals surface area contributed by atoms with E-state index in [0.717, 1.165) is 13.1 Å². The quantitative estimate of drug-likeness (QED) is 0.842. The van der Waals surface area contributed by atoms with E-state index in [1.54, 1.807) is 0 Å². The van der Waals surface area contributed by atoms with E-state index in [9.17, 15) is 4.79 Å². The molecule has 1 unspecified atom stereocenters. The third-order valence-corrected chi connectivity index (χ3v) is 3.59. The number of carboxylic acids is 1. The van der Waals surface area contributed by atoms with Crippen LogP contribution in [0, 0.1) is 13.8 Å². The first-order chi connectivity index (χ1) is 8.45. The Morgan fingerprint density at radius 2 is 2.06 bits per heavy atom. The molecule has 0 saturated heterocycles. The minimum atomic E-state index is -0.734. The standard InChI is InChI=1S/C15H23NO2/c1-5-16(12(3)9-15(17)18)10-14-8-6-7-11(2)13(14)4/h6-8,12H,5,9-10H2,1-4H3,(H,17,18). The largest absolute Gasteiger partial charge is 0.481 e. The normalized spacial score (nSPS) is 12.7. The van der Waals surface area contributed by atoms with Crippen LogP contribution in [0.4, 0.5) is 0 Å². The molecule has 0 fully saturated rings. The van der Waals surface area contributed by atoms with E-state index in [4.69, 9.17) is 5.11 Å². The van der Waals surface area contributed by atoms with Gasteiger partial charge in [0.15, 0.2) is 0 Å². The highest BCUT2D eigenvalue weighted by molar-refractivity contribution is 5.67. The van der Waals surface area contributed by atoms with E-state index in [0.29, 0.717) is 0 Å². The molecule has 0 aromatic heterocycles. The van der Waals surface area contributed by atoms with Gasteiger partial charge in [-0.15, -0.1) is 0 Å². The lowest BCUT2D eigenvalue weighted by atomic mass is 10.0. The minimum Gasteiger partial charge on any atom is -0.481 e. The SMILES string of the molecule is CCN(Cc1cccc(C)c1C)C(C)CC(=O)O. The zero-order chi connectivity index (χ0) is 13.7. The smallest absolute Gasteiger partial charge is 0.304 e. The van der Waals surface area contributed by atoms with Gasteiger partial charge in [-0.1, -0.05) is 25.1 Å². The summed E-state index contributed by atoms with van der Waals surface area (Å²) in [7, 11) is 0. The van der Waals surface area contributed by atoms with Crippen LogP contribution in [0.3, 0.4) is 0 Å². The summed E-state index contributed by atoms with van der Waals surface area (Å²) in [5.41, 5.74) is 3.88. The predicted octanol–water partition coefficient (Wildman–Crippen LogP) is 2.99. The number of carboxylic acid groups (broad SMARTS) is 1. The van der Waals surface area contributed by atoms with E-state index in [1.165, 1.54) is 16.7 Å². The number of aliphatic carboxylic acids is 1. The van der Waals surface area contributed by atoms with Crippen LogP contribution >= 0.6 is 0 Å². The van der Waals surface area contributed by atoms with E-state index < -0.39 is 5.97 Å². The molecule has 1 rings (SSSR count). The number of rotatable bonds is 6.